The Bertz CT molecular complexity index is 1330. The number of allylic oxidation sites excluding steroid dienone is 2. The molecular formula is C32H36N2O4. The number of anilines is 3. The Balaban J connectivity index is 1.50. The highest BCUT2D eigenvalue weighted by Gasteiger charge is 2.33. The van der Waals surface area contributed by atoms with E-state index in [0.717, 1.165) is 32.1 Å². The number of hydrogen-bond donors (Lipinski definition) is 4. The van der Waals surface area contributed by atoms with Gasteiger partial charge in [-0.3, -0.25) is 9.59 Å². The summed E-state index contributed by atoms with van der Waals surface area (Å²) in [7, 11) is 0. The van der Waals surface area contributed by atoms with Gasteiger partial charge in [0.2, 0.25) is 5.78 Å². The zero-order chi connectivity index (χ0) is 27.1. The molecule has 4 rings (SSSR count). The minimum Gasteiger partial charge on any atom is -0.507 e. The van der Waals surface area contributed by atoms with Gasteiger partial charge in [0.25, 0.3) is 0 Å². The van der Waals surface area contributed by atoms with Crippen LogP contribution >= 0.6 is 0 Å². The van der Waals surface area contributed by atoms with Crippen molar-refractivity contribution < 1.29 is 19.8 Å². The van der Waals surface area contributed by atoms with Crippen LogP contribution < -0.4 is 10.6 Å². The van der Waals surface area contributed by atoms with Gasteiger partial charge >= 0.3 is 0 Å². The number of unbranched alkanes of at least 4 members (excludes halogenated alkanes) is 4. The molecule has 1 aliphatic carbocycles. The van der Waals surface area contributed by atoms with Gasteiger partial charge in [0, 0.05) is 23.5 Å². The first-order valence-corrected chi connectivity index (χ1v) is 13.5. The van der Waals surface area contributed by atoms with Crippen LogP contribution in [0.2, 0.25) is 0 Å². The van der Waals surface area contributed by atoms with E-state index in [-0.39, 0.29) is 34.0 Å². The molecule has 0 spiro atoms. The number of carbonyl (C=O) groups excluding carboxylic acids is 2. The molecule has 4 N–H and O–H groups in total. The summed E-state index contributed by atoms with van der Waals surface area (Å²) in [6.45, 7) is 4.34. The normalized spacial score (nSPS) is 12.7. The highest BCUT2D eigenvalue weighted by atomic mass is 16.3. The standard InChI is InChI=1S/C32H36N2O4/c1-3-5-7-9-21-11-15-23(16-12-21)33-25-19-27(35)30-29(31(25)37)28(36)20-26(32(30)38)34-24-17-13-22(14-18-24)10-8-6-4-2/h11-20,33-35,37H,3-10H2,1-2H3. The summed E-state index contributed by atoms with van der Waals surface area (Å²) in [5.41, 5.74) is 3.60. The number of phenols is 2. The number of ketones is 2. The molecule has 0 saturated heterocycles. The van der Waals surface area contributed by atoms with Crippen molar-refractivity contribution >= 4 is 28.6 Å². The zero-order valence-electron chi connectivity index (χ0n) is 22.1. The van der Waals surface area contributed by atoms with Crippen molar-refractivity contribution in [3.8, 4) is 11.5 Å². The summed E-state index contributed by atoms with van der Waals surface area (Å²) >= 11 is 0. The van der Waals surface area contributed by atoms with Gasteiger partial charge in [-0.15, -0.1) is 0 Å². The van der Waals surface area contributed by atoms with Crippen molar-refractivity contribution in [3.05, 3.63) is 88.6 Å². The summed E-state index contributed by atoms with van der Waals surface area (Å²) in [4.78, 5) is 26.2. The average Bonchev–Trinajstić information content (AvgIpc) is 2.91. The second kappa shape index (κ2) is 12.5. The average molecular weight is 513 g/mol. The summed E-state index contributed by atoms with van der Waals surface area (Å²) in [6.07, 6.45) is 10.1. The number of benzene rings is 3. The fourth-order valence-corrected chi connectivity index (χ4v) is 4.70. The Morgan fingerprint density at radius 2 is 1.21 bits per heavy atom. The van der Waals surface area contributed by atoms with Crippen LogP contribution in [0.25, 0.3) is 0 Å². The van der Waals surface area contributed by atoms with Crippen LogP contribution in [0.15, 0.2) is 66.4 Å². The minimum absolute atomic E-state index is 0.0512. The molecule has 0 atom stereocenters. The maximum Gasteiger partial charge on any atom is 0.213 e. The number of aryl methyl sites for hydroxylation is 2. The molecule has 38 heavy (non-hydrogen) atoms. The molecule has 0 saturated carbocycles. The third kappa shape index (κ3) is 6.25. The number of phenolic OH excluding ortho intramolecular Hbond substituents is 2. The van der Waals surface area contributed by atoms with E-state index in [1.807, 2.05) is 48.5 Å². The van der Waals surface area contributed by atoms with E-state index in [4.69, 9.17) is 0 Å². The maximum absolute atomic E-state index is 13.2. The molecule has 6 heteroatoms. The molecule has 3 aromatic rings. The van der Waals surface area contributed by atoms with Gasteiger partial charge in [0.05, 0.1) is 22.5 Å². The number of hydrogen-bond acceptors (Lipinski definition) is 6. The molecule has 3 aromatic carbocycles. The van der Waals surface area contributed by atoms with E-state index < -0.39 is 11.6 Å². The maximum atomic E-state index is 13.2. The lowest BCUT2D eigenvalue weighted by atomic mass is 9.90. The predicted octanol–water partition coefficient (Wildman–Crippen LogP) is 7.68. The van der Waals surface area contributed by atoms with E-state index in [1.54, 1.807) is 0 Å². The minimum atomic E-state index is -0.555. The number of fused-ring (bicyclic) bond motifs is 1. The predicted molar refractivity (Wildman–Crippen MR) is 153 cm³/mol. The monoisotopic (exact) mass is 512 g/mol. The quantitative estimate of drug-likeness (QED) is 0.113. The number of rotatable bonds is 12. The lowest BCUT2D eigenvalue weighted by Crippen LogP contribution is -2.22. The molecule has 0 fully saturated rings. The summed E-state index contributed by atoms with van der Waals surface area (Å²) in [5, 5.41) is 27.7. The second-order valence-corrected chi connectivity index (χ2v) is 9.85. The van der Waals surface area contributed by atoms with E-state index in [0.29, 0.717) is 11.4 Å². The van der Waals surface area contributed by atoms with E-state index in [2.05, 4.69) is 24.5 Å². The van der Waals surface area contributed by atoms with Crippen molar-refractivity contribution in [2.45, 2.75) is 65.2 Å². The third-order valence-electron chi connectivity index (χ3n) is 6.88. The van der Waals surface area contributed by atoms with Crippen LogP contribution in [-0.4, -0.2) is 21.8 Å². The Kier molecular flexibility index (Phi) is 8.85. The number of aromatic hydroxyl groups is 2. The Hall–Kier alpha value is -4.06. The molecule has 0 radical (unpaired) electrons. The first kappa shape index (κ1) is 27.0. The van der Waals surface area contributed by atoms with Crippen LogP contribution in [-0.2, 0) is 12.8 Å². The Labute approximate surface area is 224 Å². The summed E-state index contributed by atoms with van der Waals surface area (Å²) < 4.78 is 0. The van der Waals surface area contributed by atoms with Crippen molar-refractivity contribution in [3.63, 3.8) is 0 Å². The van der Waals surface area contributed by atoms with Gasteiger partial charge in [-0.2, -0.15) is 0 Å². The smallest absolute Gasteiger partial charge is 0.213 e. The fraction of sp³-hybridized carbons (Fsp3) is 0.312. The third-order valence-corrected chi connectivity index (χ3v) is 6.88. The van der Waals surface area contributed by atoms with Crippen molar-refractivity contribution in [2.75, 3.05) is 10.6 Å². The van der Waals surface area contributed by atoms with Gasteiger partial charge in [0.15, 0.2) is 11.5 Å². The topological polar surface area (TPSA) is 98.7 Å². The summed E-state index contributed by atoms with van der Waals surface area (Å²) in [6, 6.07) is 16.8. The second-order valence-electron chi connectivity index (χ2n) is 9.85. The SMILES string of the molecule is CCCCCc1ccc(NC2=CC(=O)c3c(O)c(Nc4ccc(CCCCC)cc4)cc(O)c3C2=O)cc1. The zero-order valence-corrected chi connectivity index (χ0v) is 22.1. The number of nitrogens with one attached hydrogen (secondary N) is 2. The first-order valence-electron chi connectivity index (χ1n) is 13.5. The molecule has 1 aliphatic rings. The highest BCUT2D eigenvalue weighted by Crippen LogP contribution is 2.41. The molecule has 0 amide bonds. The number of Topliss-reactive ketones (excluding diaryl/α,β-unsaturated/α-hetero) is 1. The van der Waals surface area contributed by atoms with Gasteiger partial charge in [-0.25, -0.2) is 0 Å². The fourth-order valence-electron chi connectivity index (χ4n) is 4.70. The molecular weight excluding hydrogens is 476 g/mol. The van der Waals surface area contributed by atoms with E-state index in [1.165, 1.54) is 42.5 Å². The Morgan fingerprint density at radius 3 is 1.74 bits per heavy atom. The summed E-state index contributed by atoms with van der Waals surface area (Å²) in [5.74, 6) is -1.84. The van der Waals surface area contributed by atoms with Crippen LogP contribution in [0, 0.1) is 0 Å². The molecule has 0 unspecified atom stereocenters. The van der Waals surface area contributed by atoms with Gasteiger partial charge in [-0.1, -0.05) is 63.8 Å². The lowest BCUT2D eigenvalue weighted by Gasteiger charge is -2.21. The van der Waals surface area contributed by atoms with Crippen molar-refractivity contribution in [2.24, 2.45) is 0 Å². The van der Waals surface area contributed by atoms with Gasteiger partial charge in [-0.05, 0) is 61.1 Å². The van der Waals surface area contributed by atoms with E-state index in [9.17, 15) is 19.8 Å². The van der Waals surface area contributed by atoms with Gasteiger partial charge in [0.1, 0.15) is 5.75 Å². The first-order chi connectivity index (χ1) is 18.4. The molecule has 6 nitrogen and oxygen atoms in total. The number of carbonyl (C=O) groups is 2. The molecule has 0 aromatic heterocycles. The van der Waals surface area contributed by atoms with Gasteiger partial charge < -0.3 is 20.8 Å². The lowest BCUT2D eigenvalue weighted by molar-refractivity contribution is 0.0980. The van der Waals surface area contributed by atoms with Crippen molar-refractivity contribution in [1.29, 1.82) is 0 Å². The van der Waals surface area contributed by atoms with Crippen LogP contribution in [0.5, 0.6) is 11.5 Å². The molecule has 0 heterocycles. The molecule has 0 bridgehead atoms. The van der Waals surface area contributed by atoms with Crippen LogP contribution in [0.4, 0.5) is 17.1 Å². The largest absolute Gasteiger partial charge is 0.507 e. The van der Waals surface area contributed by atoms with Crippen molar-refractivity contribution in [1.82, 2.24) is 0 Å². The highest BCUT2D eigenvalue weighted by molar-refractivity contribution is 6.28. The molecule has 198 valence electrons. The molecule has 0 aliphatic heterocycles. The Morgan fingerprint density at radius 1 is 0.684 bits per heavy atom. The van der Waals surface area contributed by atoms with Crippen LogP contribution in [0.1, 0.15) is 84.2 Å². The van der Waals surface area contributed by atoms with E-state index >= 15 is 0 Å². The van der Waals surface area contributed by atoms with Crippen LogP contribution in [0.3, 0.4) is 0 Å².